The number of ether oxygens (including phenoxy) is 1. The molecule has 174 valence electrons. The molecule has 0 aliphatic carbocycles. The third-order valence-corrected chi connectivity index (χ3v) is 6.27. The molecule has 6 nitrogen and oxygen atoms in total. The lowest BCUT2D eigenvalue weighted by Crippen LogP contribution is -2.28. The highest BCUT2D eigenvalue weighted by Crippen LogP contribution is 2.25. The molecule has 0 amide bonds. The molecule has 3 heterocycles. The topological polar surface area (TPSA) is 63.5 Å². The second kappa shape index (κ2) is 9.65. The summed E-state index contributed by atoms with van der Waals surface area (Å²) in [7, 11) is 0. The van der Waals surface area contributed by atoms with Gasteiger partial charge in [0, 0.05) is 18.2 Å². The van der Waals surface area contributed by atoms with Crippen LogP contribution in [0.15, 0.2) is 79.5 Å². The van der Waals surface area contributed by atoms with Gasteiger partial charge in [0.1, 0.15) is 24.0 Å². The van der Waals surface area contributed by atoms with Gasteiger partial charge in [0.2, 0.25) is 0 Å². The average molecular weight is 458 g/mol. The molecule has 2 aromatic heterocycles. The summed E-state index contributed by atoms with van der Waals surface area (Å²) in [5.74, 6) is 1.79. The number of hydrogen-bond donors (Lipinski definition) is 2. The number of halogens is 1. The minimum atomic E-state index is -0.251. The van der Waals surface area contributed by atoms with Crippen molar-refractivity contribution in [1.29, 1.82) is 0 Å². The number of benzene rings is 2. The predicted octanol–water partition coefficient (Wildman–Crippen LogP) is 5.25. The Hall–Kier alpha value is -3.71. The van der Waals surface area contributed by atoms with Gasteiger partial charge in [-0.15, -0.1) is 11.7 Å². The molecule has 0 spiro atoms. The van der Waals surface area contributed by atoms with Crippen LogP contribution in [0.5, 0.6) is 5.75 Å². The van der Waals surface area contributed by atoms with E-state index in [-0.39, 0.29) is 11.9 Å². The van der Waals surface area contributed by atoms with E-state index in [0.29, 0.717) is 24.4 Å². The number of nitrogens with zero attached hydrogens (tertiary/aromatic N) is 3. The van der Waals surface area contributed by atoms with Gasteiger partial charge in [-0.2, -0.15) is 0 Å². The summed E-state index contributed by atoms with van der Waals surface area (Å²) >= 11 is 0. The third-order valence-electron chi connectivity index (χ3n) is 6.27. The fraction of sp³-hybridized carbons (Fsp3) is 0.259. The molecule has 34 heavy (non-hydrogen) atoms. The molecule has 2 N–H and O–H groups in total. The van der Waals surface area contributed by atoms with Gasteiger partial charge < -0.3 is 15.4 Å². The molecule has 2 aromatic carbocycles. The molecule has 5 rings (SSSR count). The Morgan fingerprint density at radius 1 is 1.24 bits per heavy atom. The Morgan fingerprint density at radius 3 is 2.85 bits per heavy atom. The SMILES string of the molecule is C=C[C@@H]1CN[C@H](COc2ccc(-c3cnc4ccc(N[C@H](C)c5cccc(F)c5)nn34)cc2)C1. The number of imidazole rings is 1. The molecule has 0 unspecified atom stereocenters. The van der Waals surface area contributed by atoms with Crippen molar-refractivity contribution in [3.8, 4) is 17.0 Å². The Morgan fingerprint density at radius 2 is 2.09 bits per heavy atom. The second-order valence-electron chi connectivity index (χ2n) is 8.73. The fourth-order valence-corrected chi connectivity index (χ4v) is 4.30. The lowest BCUT2D eigenvalue weighted by molar-refractivity contribution is 0.276. The fourth-order valence-electron chi connectivity index (χ4n) is 4.30. The van der Waals surface area contributed by atoms with Crippen molar-refractivity contribution in [3.05, 3.63) is 90.9 Å². The maximum atomic E-state index is 13.6. The molecule has 1 aliphatic heterocycles. The smallest absolute Gasteiger partial charge is 0.154 e. The predicted molar refractivity (Wildman–Crippen MR) is 132 cm³/mol. The van der Waals surface area contributed by atoms with Crippen molar-refractivity contribution < 1.29 is 9.13 Å². The molecule has 4 aromatic rings. The van der Waals surface area contributed by atoms with Crippen LogP contribution < -0.4 is 15.4 Å². The lowest BCUT2D eigenvalue weighted by Gasteiger charge is -2.15. The van der Waals surface area contributed by atoms with Crippen molar-refractivity contribution >= 4 is 11.5 Å². The number of anilines is 1. The summed E-state index contributed by atoms with van der Waals surface area (Å²) in [6, 6.07) is 18.6. The lowest BCUT2D eigenvalue weighted by atomic mass is 10.1. The Bertz CT molecular complexity index is 1290. The van der Waals surface area contributed by atoms with E-state index in [1.54, 1.807) is 6.07 Å². The van der Waals surface area contributed by atoms with E-state index in [4.69, 9.17) is 9.84 Å². The van der Waals surface area contributed by atoms with Crippen LogP contribution in [0.1, 0.15) is 24.9 Å². The summed E-state index contributed by atoms with van der Waals surface area (Å²) in [5, 5.41) is 11.5. The number of rotatable bonds is 8. The largest absolute Gasteiger partial charge is 0.492 e. The molecular weight excluding hydrogens is 429 g/mol. The zero-order chi connectivity index (χ0) is 23.5. The second-order valence-corrected chi connectivity index (χ2v) is 8.73. The van der Waals surface area contributed by atoms with E-state index in [1.807, 2.05) is 66.2 Å². The maximum absolute atomic E-state index is 13.6. The quantitative estimate of drug-likeness (QED) is 0.354. The Balaban J connectivity index is 1.29. The molecule has 0 saturated carbocycles. The summed E-state index contributed by atoms with van der Waals surface area (Å²) in [5.41, 5.74) is 3.49. The normalized spacial score (nSPS) is 18.6. The molecular formula is C27H28FN5O. The van der Waals surface area contributed by atoms with Gasteiger partial charge in [0.05, 0.1) is 17.9 Å². The van der Waals surface area contributed by atoms with Gasteiger partial charge >= 0.3 is 0 Å². The molecule has 1 fully saturated rings. The summed E-state index contributed by atoms with van der Waals surface area (Å²) in [6.45, 7) is 7.46. The van der Waals surface area contributed by atoms with Crippen molar-refractivity contribution in [1.82, 2.24) is 19.9 Å². The van der Waals surface area contributed by atoms with Gasteiger partial charge in [-0.3, -0.25) is 0 Å². The van der Waals surface area contributed by atoms with E-state index >= 15 is 0 Å². The van der Waals surface area contributed by atoms with E-state index < -0.39 is 0 Å². The van der Waals surface area contributed by atoms with Crippen molar-refractivity contribution in [2.75, 3.05) is 18.5 Å². The molecule has 1 aliphatic rings. The summed E-state index contributed by atoms with van der Waals surface area (Å²) < 4.78 is 21.4. The molecule has 1 saturated heterocycles. The van der Waals surface area contributed by atoms with Gasteiger partial charge in [-0.05, 0) is 73.4 Å². The van der Waals surface area contributed by atoms with Gasteiger partial charge in [0.25, 0.3) is 0 Å². The van der Waals surface area contributed by atoms with Crippen molar-refractivity contribution in [3.63, 3.8) is 0 Å². The first kappa shape index (κ1) is 22.1. The highest BCUT2D eigenvalue weighted by Gasteiger charge is 2.22. The number of fused-ring (bicyclic) bond motifs is 1. The number of aromatic nitrogens is 3. The zero-order valence-electron chi connectivity index (χ0n) is 19.1. The highest BCUT2D eigenvalue weighted by molar-refractivity contribution is 5.64. The van der Waals surface area contributed by atoms with E-state index in [1.165, 1.54) is 12.1 Å². The Kier molecular flexibility index (Phi) is 6.27. The van der Waals surface area contributed by atoms with E-state index in [0.717, 1.165) is 41.2 Å². The Labute approximate surface area is 198 Å². The molecule has 0 bridgehead atoms. The van der Waals surface area contributed by atoms with Crippen LogP contribution in [-0.4, -0.2) is 33.8 Å². The van der Waals surface area contributed by atoms with Crippen molar-refractivity contribution in [2.24, 2.45) is 5.92 Å². The van der Waals surface area contributed by atoms with Crippen LogP contribution >= 0.6 is 0 Å². The third kappa shape index (κ3) is 4.79. The highest BCUT2D eigenvalue weighted by atomic mass is 19.1. The van der Waals surface area contributed by atoms with Crippen LogP contribution in [0.3, 0.4) is 0 Å². The van der Waals surface area contributed by atoms with E-state index in [9.17, 15) is 4.39 Å². The monoisotopic (exact) mass is 457 g/mol. The summed E-state index contributed by atoms with van der Waals surface area (Å²) in [4.78, 5) is 4.49. The standard InChI is InChI=1S/C27H28FN5O/c1-3-19-13-23(29-15-19)17-34-24-9-7-20(8-10-24)25-16-30-27-12-11-26(32-33(25)27)31-18(2)21-5-4-6-22(28)14-21/h3-12,14,16,18-19,23,29H,1,13,15,17H2,2H3,(H,31,32)/t18-,19+,23+/m1/s1. The van der Waals surface area contributed by atoms with Crippen LogP contribution in [0.4, 0.5) is 10.2 Å². The number of hydrogen-bond acceptors (Lipinski definition) is 5. The molecule has 0 radical (unpaired) electrons. The van der Waals surface area contributed by atoms with Crippen LogP contribution in [0, 0.1) is 11.7 Å². The van der Waals surface area contributed by atoms with Crippen molar-refractivity contribution in [2.45, 2.75) is 25.4 Å². The van der Waals surface area contributed by atoms with Crippen LogP contribution in [0.25, 0.3) is 16.9 Å². The van der Waals surface area contributed by atoms with E-state index in [2.05, 4.69) is 22.2 Å². The first-order chi connectivity index (χ1) is 16.6. The minimum absolute atomic E-state index is 0.0971. The zero-order valence-corrected chi connectivity index (χ0v) is 19.1. The maximum Gasteiger partial charge on any atom is 0.154 e. The first-order valence-corrected chi connectivity index (χ1v) is 11.5. The number of nitrogens with one attached hydrogen (secondary N) is 2. The van der Waals surface area contributed by atoms with Crippen LogP contribution in [0.2, 0.25) is 0 Å². The van der Waals surface area contributed by atoms with Gasteiger partial charge in [0.15, 0.2) is 5.65 Å². The molecule has 3 atom stereocenters. The average Bonchev–Trinajstić information content (AvgIpc) is 3.50. The first-order valence-electron chi connectivity index (χ1n) is 11.5. The van der Waals surface area contributed by atoms with Gasteiger partial charge in [-0.25, -0.2) is 13.9 Å². The molecule has 7 heteroatoms. The minimum Gasteiger partial charge on any atom is -0.492 e. The van der Waals surface area contributed by atoms with Crippen LogP contribution in [-0.2, 0) is 0 Å². The van der Waals surface area contributed by atoms with Gasteiger partial charge in [-0.1, -0.05) is 18.2 Å². The summed E-state index contributed by atoms with van der Waals surface area (Å²) in [6.07, 6.45) is 4.88.